The van der Waals surface area contributed by atoms with Crippen molar-refractivity contribution in [3.63, 3.8) is 0 Å². The van der Waals surface area contributed by atoms with Crippen LogP contribution in [0, 0.1) is 0 Å². The largest absolute Gasteiger partial charge is 0.372 e. The lowest BCUT2D eigenvalue weighted by Gasteiger charge is -2.12. The van der Waals surface area contributed by atoms with E-state index >= 15 is 0 Å². The van der Waals surface area contributed by atoms with E-state index in [4.69, 9.17) is 10.5 Å². The lowest BCUT2D eigenvalue weighted by molar-refractivity contribution is 0.0760. The molecule has 0 aromatic carbocycles. The van der Waals surface area contributed by atoms with Crippen LogP contribution in [0.5, 0.6) is 0 Å². The molecule has 0 amide bonds. The number of thiazole rings is 1. The van der Waals surface area contributed by atoms with Crippen LogP contribution in [0.15, 0.2) is 5.38 Å². The molecule has 3 nitrogen and oxygen atoms in total. The van der Waals surface area contributed by atoms with Crippen LogP contribution in [0.1, 0.15) is 55.8 Å². The molecule has 0 saturated heterocycles. The summed E-state index contributed by atoms with van der Waals surface area (Å²) in [6, 6.07) is 0.303. The van der Waals surface area contributed by atoms with Gasteiger partial charge in [-0.05, 0) is 26.7 Å². The summed E-state index contributed by atoms with van der Waals surface area (Å²) in [5.74, 6) is 0.471. The summed E-state index contributed by atoms with van der Waals surface area (Å²) >= 11 is 1.69. The maximum absolute atomic E-state index is 6.09. The number of ether oxygens (including phenoxy) is 1. The van der Waals surface area contributed by atoms with Crippen molar-refractivity contribution in [1.82, 2.24) is 4.98 Å². The van der Waals surface area contributed by atoms with Gasteiger partial charge >= 0.3 is 0 Å². The summed E-state index contributed by atoms with van der Waals surface area (Å²) in [5.41, 5.74) is 7.27. The second-order valence-electron chi connectivity index (χ2n) is 4.41. The predicted molar refractivity (Wildman–Crippen MR) is 66.7 cm³/mol. The lowest BCUT2D eigenvalue weighted by Crippen LogP contribution is -2.22. The molecule has 4 heteroatoms. The molecule has 3 atom stereocenters. The van der Waals surface area contributed by atoms with Crippen LogP contribution in [0.4, 0.5) is 0 Å². The van der Waals surface area contributed by atoms with Gasteiger partial charge in [-0.15, -0.1) is 11.3 Å². The Hall–Kier alpha value is -0.450. The van der Waals surface area contributed by atoms with Crippen LogP contribution >= 0.6 is 11.3 Å². The number of rotatable bonds is 4. The van der Waals surface area contributed by atoms with E-state index in [0.717, 1.165) is 18.0 Å². The van der Waals surface area contributed by atoms with Gasteiger partial charge < -0.3 is 10.5 Å². The highest BCUT2D eigenvalue weighted by Crippen LogP contribution is 2.35. The van der Waals surface area contributed by atoms with E-state index in [2.05, 4.69) is 17.3 Å². The molecule has 1 aromatic rings. The molecule has 0 spiro atoms. The molecular weight excluding hydrogens is 220 g/mol. The molecule has 1 fully saturated rings. The van der Waals surface area contributed by atoms with Crippen molar-refractivity contribution >= 4 is 11.3 Å². The number of nitrogens with two attached hydrogens (primary N) is 1. The van der Waals surface area contributed by atoms with Crippen LogP contribution < -0.4 is 5.73 Å². The maximum atomic E-state index is 6.09. The monoisotopic (exact) mass is 240 g/mol. The minimum absolute atomic E-state index is 0.112. The third kappa shape index (κ3) is 2.44. The second-order valence-corrected chi connectivity index (χ2v) is 5.30. The van der Waals surface area contributed by atoms with Crippen molar-refractivity contribution in [2.45, 2.75) is 51.2 Å². The van der Waals surface area contributed by atoms with Crippen molar-refractivity contribution < 1.29 is 4.74 Å². The molecule has 1 aliphatic carbocycles. The Morgan fingerprint density at radius 3 is 3.06 bits per heavy atom. The summed E-state index contributed by atoms with van der Waals surface area (Å²) in [6.07, 6.45) is 3.67. The molecule has 0 aliphatic heterocycles. The quantitative estimate of drug-likeness (QED) is 0.880. The van der Waals surface area contributed by atoms with E-state index in [-0.39, 0.29) is 6.10 Å². The topological polar surface area (TPSA) is 48.1 Å². The molecule has 2 rings (SSSR count). The molecule has 1 aromatic heterocycles. The third-order valence-electron chi connectivity index (χ3n) is 3.25. The first-order chi connectivity index (χ1) is 7.72. The number of hydrogen-bond donors (Lipinski definition) is 1. The molecule has 1 saturated carbocycles. The molecule has 16 heavy (non-hydrogen) atoms. The van der Waals surface area contributed by atoms with E-state index in [1.807, 2.05) is 6.92 Å². The molecule has 2 N–H and O–H groups in total. The molecule has 1 aliphatic rings. The first-order valence-corrected chi connectivity index (χ1v) is 6.92. The zero-order chi connectivity index (χ0) is 11.5. The van der Waals surface area contributed by atoms with Crippen molar-refractivity contribution in [3.05, 3.63) is 16.1 Å². The number of nitrogens with zero attached hydrogens (tertiary/aromatic N) is 1. The highest BCUT2D eigenvalue weighted by molar-refractivity contribution is 7.09. The smallest absolute Gasteiger partial charge is 0.121 e. The van der Waals surface area contributed by atoms with Gasteiger partial charge in [-0.2, -0.15) is 0 Å². The Morgan fingerprint density at radius 1 is 1.62 bits per heavy atom. The normalized spacial score (nSPS) is 27.2. The Bertz CT molecular complexity index is 340. The van der Waals surface area contributed by atoms with Gasteiger partial charge in [0, 0.05) is 23.9 Å². The third-order valence-corrected chi connectivity index (χ3v) is 4.28. The number of aromatic nitrogens is 1. The molecule has 1 heterocycles. The van der Waals surface area contributed by atoms with Crippen LogP contribution in [-0.2, 0) is 4.74 Å². The molecule has 0 bridgehead atoms. The van der Waals surface area contributed by atoms with E-state index in [9.17, 15) is 0 Å². The van der Waals surface area contributed by atoms with Gasteiger partial charge in [-0.1, -0.05) is 6.42 Å². The van der Waals surface area contributed by atoms with Crippen molar-refractivity contribution in [2.75, 3.05) is 6.61 Å². The minimum Gasteiger partial charge on any atom is -0.372 e. The maximum Gasteiger partial charge on any atom is 0.121 e. The van der Waals surface area contributed by atoms with E-state index in [1.54, 1.807) is 11.3 Å². The van der Waals surface area contributed by atoms with Gasteiger partial charge in [0.05, 0.1) is 5.69 Å². The van der Waals surface area contributed by atoms with Gasteiger partial charge in [-0.25, -0.2) is 4.98 Å². The Balaban J connectivity index is 2.06. The van der Waals surface area contributed by atoms with Crippen LogP contribution in [0.3, 0.4) is 0 Å². The average Bonchev–Trinajstić information content (AvgIpc) is 2.86. The summed E-state index contributed by atoms with van der Waals surface area (Å²) in [6.45, 7) is 4.80. The molecule has 3 unspecified atom stereocenters. The molecular formula is C12H20N2OS. The fourth-order valence-electron chi connectivity index (χ4n) is 2.33. The Kier molecular flexibility index (Phi) is 3.95. The van der Waals surface area contributed by atoms with Gasteiger partial charge in [0.25, 0.3) is 0 Å². The highest BCUT2D eigenvalue weighted by atomic mass is 32.1. The molecule has 90 valence electrons. The summed E-state index contributed by atoms with van der Waals surface area (Å²) in [5, 5.41) is 3.23. The van der Waals surface area contributed by atoms with Crippen LogP contribution in [0.25, 0.3) is 0 Å². The Morgan fingerprint density at radius 2 is 2.44 bits per heavy atom. The van der Waals surface area contributed by atoms with Crippen LogP contribution in [-0.4, -0.2) is 17.6 Å². The average molecular weight is 240 g/mol. The second kappa shape index (κ2) is 5.25. The summed E-state index contributed by atoms with van der Waals surface area (Å²) in [7, 11) is 0. The van der Waals surface area contributed by atoms with Crippen LogP contribution in [0.2, 0.25) is 0 Å². The Labute approximate surface area is 101 Å². The van der Waals surface area contributed by atoms with Crippen molar-refractivity contribution in [3.8, 4) is 0 Å². The molecule has 0 radical (unpaired) electrons. The predicted octanol–water partition coefficient (Wildman–Crippen LogP) is 2.84. The lowest BCUT2D eigenvalue weighted by atomic mass is 10.0. The van der Waals surface area contributed by atoms with Crippen molar-refractivity contribution in [1.29, 1.82) is 0 Å². The fraction of sp³-hybridized carbons (Fsp3) is 0.750. The van der Waals surface area contributed by atoms with Gasteiger partial charge in [0.15, 0.2) is 0 Å². The first-order valence-electron chi connectivity index (χ1n) is 6.05. The van der Waals surface area contributed by atoms with E-state index in [1.165, 1.54) is 18.5 Å². The van der Waals surface area contributed by atoms with Gasteiger partial charge in [0.1, 0.15) is 11.1 Å². The summed E-state index contributed by atoms with van der Waals surface area (Å²) in [4.78, 5) is 4.67. The highest BCUT2D eigenvalue weighted by Gasteiger charge is 2.27. The minimum atomic E-state index is 0.112. The fourth-order valence-corrected chi connectivity index (χ4v) is 3.22. The number of hydrogen-bond acceptors (Lipinski definition) is 4. The standard InChI is InChI=1S/C12H20N2OS/c1-3-15-8(2)12-14-11(7-16-12)9-5-4-6-10(9)13/h7-10H,3-6,13H2,1-2H3. The van der Waals surface area contributed by atoms with Gasteiger partial charge in [0.2, 0.25) is 0 Å². The van der Waals surface area contributed by atoms with Gasteiger partial charge in [-0.3, -0.25) is 0 Å². The van der Waals surface area contributed by atoms with E-state index in [0.29, 0.717) is 12.0 Å². The van der Waals surface area contributed by atoms with Crippen molar-refractivity contribution in [2.24, 2.45) is 5.73 Å². The first kappa shape index (κ1) is 12.0. The zero-order valence-corrected chi connectivity index (χ0v) is 10.8. The zero-order valence-electron chi connectivity index (χ0n) is 9.98. The SMILES string of the molecule is CCOC(C)c1nc(C2CCCC2N)cs1. The van der Waals surface area contributed by atoms with E-state index < -0.39 is 0 Å². The summed E-state index contributed by atoms with van der Waals surface area (Å²) < 4.78 is 5.55.